The van der Waals surface area contributed by atoms with E-state index in [9.17, 15) is 9.59 Å². The number of carbonyl (C=O) groups is 2. The van der Waals surface area contributed by atoms with Gasteiger partial charge in [-0.3, -0.25) is 9.59 Å². The van der Waals surface area contributed by atoms with Crippen LogP contribution in [-0.2, 0) is 9.59 Å². The first-order valence-electron chi connectivity index (χ1n) is 3.51. The maximum Gasteiger partial charge on any atom is 0.237 e. The van der Waals surface area contributed by atoms with Gasteiger partial charge in [0.2, 0.25) is 5.91 Å². The highest BCUT2D eigenvalue weighted by Crippen LogP contribution is 1.84. The molecule has 0 aliphatic heterocycles. The van der Waals surface area contributed by atoms with Crippen LogP contribution < -0.4 is 11.1 Å². The monoisotopic (exact) mass is 158 g/mol. The van der Waals surface area contributed by atoms with E-state index in [0.717, 1.165) is 0 Å². The van der Waals surface area contributed by atoms with Crippen molar-refractivity contribution < 1.29 is 9.59 Å². The Labute approximate surface area is 66.1 Å². The van der Waals surface area contributed by atoms with Gasteiger partial charge in [-0.2, -0.15) is 0 Å². The molecule has 0 saturated heterocycles. The molecule has 3 N–H and O–H groups in total. The van der Waals surface area contributed by atoms with E-state index in [2.05, 4.69) is 5.32 Å². The predicted molar refractivity (Wildman–Crippen MR) is 41.9 cm³/mol. The molecule has 4 nitrogen and oxygen atoms in total. The fourth-order valence-corrected chi connectivity index (χ4v) is 0.446. The largest absolute Gasteiger partial charge is 0.345 e. The van der Waals surface area contributed by atoms with Crippen LogP contribution in [0.2, 0.25) is 0 Å². The van der Waals surface area contributed by atoms with Gasteiger partial charge in [0.15, 0.2) is 5.78 Å². The van der Waals surface area contributed by atoms with Crippen LogP contribution in [-0.4, -0.2) is 23.8 Å². The fraction of sp³-hybridized carbons (Fsp3) is 0.714. The first-order valence-corrected chi connectivity index (χ1v) is 3.51. The Hall–Kier alpha value is -0.900. The quantitative estimate of drug-likeness (QED) is 0.577. The molecule has 1 unspecified atom stereocenters. The van der Waals surface area contributed by atoms with Crippen LogP contribution in [0, 0.1) is 0 Å². The molecule has 0 rings (SSSR count). The van der Waals surface area contributed by atoms with E-state index in [1.165, 1.54) is 6.92 Å². The molecule has 2 atom stereocenters. The standard InChI is InChI=1S/C7H14N2O2/c1-4(8)7(11)9-5(2)6(3)10/h4-5H,8H2,1-3H3,(H,9,11)/t4?,5-/m0/s1. The van der Waals surface area contributed by atoms with E-state index in [-0.39, 0.29) is 11.7 Å². The number of carbonyl (C=O) groups excluding carboxylic acids is 2. The van der Waals surface area contributed by atoms with Crippen molar-refractivity contribution in [2.24, 2.45) is 5.73 Å². The summed E-state index contributed by atoms with van der Waals surface area (Å²) in [6.07, 6.45) is 0. The SMILES string of the molecule is CC(=O)[C@H](C)NC(=O)C(C)N. The van der Waals surface area contributed by atoms with Crippen LogP contribution in [0.4, 0.5) is 0 Å². The Kier molecular flexibility index (Phi) is 3.74. The molecule has 0 aromatic heterocycles. The molecule has 0 saturated carbocycles. The van der Waals surface area contributed by atoms with Gasteiger partial charge in [-0.05, 0) is 20.8 Å². The van der Waals surface area contributed by atoms with E-state index in [1.54, 1.807) is 13.8 Å². The zero-order valence-electron chi connectivity index (χ0n) is 7.05. The minimum Gasteiger partial charge on any atom is -0.345 e. The van der Waals surface area contributed by atoms with Gasteiger partial charge in [-0.25, -0.2) is 0 Å². The van der Waals surface area contributed by atoms with Crippen molar-refractivity contribution in [3.8, 4) is 0 Å². The highest BCUT2D eigenvalue weighted by molar-refractivity contribution is 5.88. The molecule has 0 fully saturated rings. The van der Waals surface area contributed by atoms with E-state index < -0.39 is 12.1 Å². The van der Waals surface area contributed by atoms with Crippen molar-refractivity contribution in [3.63, 3.8) is 0 Å². The van der Waals surface area contributed by atoms with Crippen LogP contribution in [0.1, 0.15) is 20.8 Å². The molecule has 0 aromatic carbocycles. The lowest BCUT2D eigenvalue weighted by atomic mass is 10.2. The van der Waals surface area contributed by atoms with Crippen molar-refractivity contribution in [2.45, 2.75) is 32.9 Å². The van der Waals surface area contributed by atoms with Gasteiger partial charge < -0.3 is 11.1 Å². The molecule has 11 heavy (non-hydrogen) atoms. The third-order valence-corrected chi connectivity index (χ3v) is 1.38. The summed E-state index contributed by atoms with van der Waals surface area (Å²) in [5.41, 5.74) is 5.26. The van der Waals surface area contributed by atoms with Crippen LogP contribution >= 0.6 is 0 Å². The predicted octanol–water partition coefficient (Wildman–Crippen LogP) is -0.573. The molecule has 0 heterocycles. The third kappa shape index (κ3) is 3.72. The van der Waals surface area contributed by atoms with Gasteiger partial charge in [0, 0.05) is 0 Å². The normalized spacial score (nSPS) is 15.3. The number of rotatable bonds is 3. The lowest BCUT2D eigenvalue weighted by Crippen LogP contribution is -2.45. The maximum absolute atomic E-state index is 10.9. The molecule has 64 valence electrons. The number of nitrogens with one attached hydrogen (secondary N) is 1. The lowest BCUT2D eigenvalue weighted by Gasteiger charge is -2.11. The summed E-state index contributed by atoms with van der Waals surface area (Å²) in [6, 6.07) is -0.995. The fourth-order valence-electron chi connectivity index (χ4n) is 0.446. The summed E-state index contributed by atoms with van der Waals surface area (Å²) in [5, 5.41) is 2.47. The molecule has 0 aromatic rings. The van der Waals surface area contributed by atoms with Gasteiger partial charge >= 0.3 is 0 Å². The van der Waals surface area contributed by atoms with Crippen LogP contribution in [0.5, 0.6) is 0 Å². The van der Waals surface area contributed by atoms with Crippen molar-refractivity contribution in [3.05, 3.63) is 0 Å². The molecule has 0 aliphatic rings. The summed E-state index contributed by atoms with van der Waals surface area (Å²) in [6.45, 7) is 4.62. The Balaban J connectivity index is 3.85. The first kappa shape index (κ1) is 10.1. The molecular formula is C7H14N2O2. The molecule has 0 radical (unpaired) electrons. The second kappa shape index (κ2) is 4.08. The van der Waals surface area contributed by atoms with Crippen LogP contribution in [0.25, 0.3) is 0 Å². The third-order valence-electron chi connectivity index (χ3n) is 1.38. The summed E-state index contributed by atoms with van der Waals surface area (Å²) >= 11 is 0. The zero-order chi connectivity index (χ0) is 9.02. The minimum atomic E-state index is -0.559. The van der Waals surface area contributed by atoms with Gasteiger partial charge in [0.1, 0.15) is 0 Å². The van der Waals surface area contributed by atoms with Gasteiger partial charge in [-0.15, -0.1) is 0 Å². The van der Waals surface area contributed by atoms with Gasteiger partial charge in [0.25, 0.3) is 0 Å². The molecular weight excluding hydrogens is 144 g/mol. The number of amides is 1. The van der Waals surface area contributed by atoms with Crippen molar-refractivity contribution >= 4 is 11.7 Å². The Morgan fingerprint density at radius 2 is 1.82 bits per heavy atom. The number of nitrogens with two attached hydrogens (primary N) is 1. The average molecular weight is 158 g/mol. The zero-order valence-corrected chi connectivity index (χ0v) is 7.05. The summed E-state index contributed by atoms with van der Waals surface area (Å²) in [7, 11) is 0. The van der Waals surface area contributed by atoms with E-state index in [0.29, 0.717) is 0 Å². The molecule has 4 heteroatoms. The van der Waals surface area contributed by atoms with Crippen molar-refractivity contribution in [2.75, 3.05) is 0 Å². The molecule has 0 spiro atoms. The molecule has 0 aliphatic carbocycles. The van der Waals surface area contributed by atoms with Crippen LogP contribution in [0.15, 0.2) is 0 Å². The molecule has 1 amide bonds. The van der Waals surface area contributed by atoms with E-state index in [1.807, 2.05) is 0 Å². The van der Waals surface area contributed by atoms with Crippen molar-refractivity contribution in [1.29, 1.82) is 0 Å². The first-order chi connectivity index (χ1) is 4.95. The van der Waals surface area contributed by atoms with Gasteiger partial charge in [0.05, 0.1) is 12.1 Å². The van der Waals surface area contributed by atoms with Gasteiger partial charge in [-0.1, -0.05) is 0 Å². The number of ketones is 1. The van der Waals surface area contributed by atoms with E-state index in [4.69, 9.17) is 5.73 Å². The Morgan fingerprint density at radius 3 is 2.09 bits per heavy atom. The smallest absolute Gasteiger partial charge is 0.237 e. The molecule has 0 bridgehead atoms. The Morgan fingerprint density at radius 1 is 1.36 bits per heavy atom. The maximum atomic E-state index is 10.9. The number of hydrogen-bond donors (Lipinski definition) is 2. The van der Waals surface area contributed by atoms with Crippen LogP contribution in [0.3, 0.4) is 0 Å². The Bertz CT molecular complexity index is 166. The average Bonchev–Trinajstić information content (AvgIpc) is 1.87. The highest BCUT2D eigenvalue weighted by atomic mass is 16.2. The van der Waals surface area contributed by atoms with Crippen molar-refractivity contribution in [1.82, 2.24) is 5.32 Å². The lowest BCUT2D eigenvalue weighted by molar-refractivity contribution is -0.127. The number of hydrogen-bond acceptors (Lipinski definition) is 3. The number of Topliss-reactive ketones (excluding diaryl/α,β-unsaturated/α-hetero) is 1. The second-order valence-corrected chi connectivity index (χ2v) is 2.63. The second-order valence-electron chi connectivity index (χ2n) is 2.63. The topological polar surface area (TPSA) is 72.2 Å². The van der Waals surface area contributed by atoms with E-state index >= 15 is 0 Å². The summed E-state index contributed by atoms with van der Waals surface area (Å²) < 4.78 is 0. The summed E-state index contributed by atoms with van der Waals surface area (Å²) in [4.78, 5) is 21.5. The highest BCUT2D eigenvalue weighted by Gasteiger charge is 2.13. The minimum absolute atomic E-state index is 0.0704. The summed E-state index contributed by atoms with van der Waals surface area (Å²) in [5.74, 6) is -0.369.